The van der Waals surface area contributed by atoms with E-state index in [9.17, 15) is 27.9 Å². The van der Waals surface area contributed by atoms with E-state index in [1.165, 1.54) is 17.0 Å². The number of carboxylic acid groups (broad SMARTS) is 1. The molecule has 2 fully saturated rings. The summed E-state index contributed by atoms with van der Waals surface area (Å²) in [5.74, 6) is -0.808. The van der Waals surface area contributed by atoms with Gasteiger partial charge in [0.25, 0.3) is 0 Å². The number of halogens is 3. The van der Waals surface area contributed by atoms with Crippen LogP contribution in [0, 0.1) is 17.3 Å². The molecule has 0 bridgehead atoms. The molecule has 2 saturated heterocycles. The maximum absolute atomic E-state index is 13.1. The molecule has 2 atom stereocenters. The van der Waals surface area contributed by atoms with Gasteiger partial charge in [0.2, 0.25) is 5.91 Å². The average Bonchev–Trinajstić information content (AvgIpc) is 2.77. The molecule has 2 heterocycles. The first-order valence-electron chi connectivity index (χ1n) is 12.6. The van der Waals surface area contributed by atoms with E-state index in [4.69, 9.17) is 0 Å². The van der Waals surface area contributed by atoms with Gasteiger partial charge in [-0.05, 0) is 48.3 Å². The fourth-order valence-electron chi connectivity index (χ4n) is 5.28. The summed E-state index contributed by atoms with van der Waals surface area (Å²) in [6, 6.07) is 5.47. The highest BCUT2D eigenvalue weighted by Gasteiger charge is 2.34. The molecule has 2 aliphatic heterocycles. The molecule has 1 aromatic carbocycles. The molecule has 0 spiro atoms. The molecule has 0 aliphatic carbocycles. The third-order valence-electron chi connectivity index (χ3n) is 7.23. The lowest BCUT2D eigenvalue weighted by molar-refractivity contribution is -0.901. The molecule has 1 amide bonds. The zero-order valence-electron chi connectivity index (χ0n) is 21.0. The van der Waals surface area contributed by atoms with E-state index < -0.39 is 17.7 Å². The number of nitrogens with zero attached hydrogens (tertiary/aromatic N) is 2. The number of amides is 1. The van der Waals surface area contributed by atoms with Gasteiger partial charge in [0.1, 0.15) is 0 Å². The van der Waals surface area contributed by atoms with E-state index >= 15 is 0 Å². The summed E-state index contributed by atoms with van der Waals surface area (Å²) in [6.07, 6.45) is -2.38. The van der Waals surface area contributed by atoms with E-state index in [0.717, 1.165) is 32.1 Å². The Morgan fingerprint density at radius 2 is 1.77 bits per heavy atom. The van der Waals surface area contributed by atoms with Gasteiger partial charge in [0, 0.05) is 37.6 Å². The second-order valence-electron chi connectivity index (χ2n) is 11.3. The number of nitrogens with one attached hydrogen (secondary N) is 1. The van der Waals surface area contributed by atoms with Crippen LogP contribution in [0.4, 0.5) is 18.9 Å². The second kappa shape index (κ2) is 11.2. The van der Waals surface area contributed by atoms with Crippen LogP contribution >= 0.6 is 0 Å². The number of carbonyl (C=O) groups excluding carboxylic acids is 2. The van der Waals surface area contributed by atoms with E-state index in [-0.39, 0.29) is 29.6 Å². The fraction of sp³-hybridized carbons (Fsp3) is 0.692. The van der Waals surface area contributed by atoms with Crippen molar-refractivity contribution in [3.8, 4) is 0 Å². The van der Waals surface area contributed by atoms with E-state index in [1.54, 1.807) is 6.07 Å². The van der Waals surface area contributed by atoms with Gasteiger partial charge < -0.3 is 24.6 Å². The van der Waals surface area contributed by atoms with Crippen molar-refractivity contribution >= 4 is 17.6 Å². The third-order valence-corrected chi connectivity index (χ3v) is 7.23. The Labute approximate surface area is 206 Å². The van der Waals surface area contributed by atoms with Crippen molar-refractivity contribution in [1.29, 1.82) is 0 Å². The molecule has 1 aromatic rings. The molecule has 3 rings (SSSR count). The highest BCUT2D eigenvalue weighted by Crippen LogP contribution is 2.32. The van der Waals surface area contributed by atoms with Crippen molar-refractivity contribution < 1.29 is 32.8 Å². The molecule has 1 N–H and O–H groups in total. The number of likely N-dealkylation sites (tertiary alicyclic amines) is 1. The predicted octanol–water partition coefficient (Wildman–Crippen LogP) is 1.84. The van der Waals surface area contributed by atoms with Crippen LogP contribution < -0.4 is 14.9 Å². The zero-order chi connectivity index (χ0) is 25.8. The average molecular weight is 498 g/mol. The smallest absolute Gasteiger partial charge is 0.416 e. The minimum atomic E-state index is -4.35. The highest BCUT2D eigenvalue weighted by molar-refractivity contribution is 5.77. The van der Waals surface area contributed by atoms with Crippen molar-refractivity contribution in [2.75, 3.05) is 50.7 Å². The summed E-state index contributed by atoms with van der Waals surface area (Å²) in [7, 11) is 0. The molecule has 0 aromatic heterocycles. The van der Waals surface area contributed by atoms with Crippen molar-refractivity contribution in [3.05, 3.63) is 29.8 Å². The standard InChI is InChI=1S/C26H38F3N3O3/c1-25(2,3)17-23(33)32-10-8-19(15-24(34)35)20(18-32)7-9-30-11-13-31(14-12-30)22-6-4-5-21(16-22)26(27,28)29/h4-6,16,19-20H,7-15,17-18H2,1-3H3,(H,34,35)/t19-,20-/m0/s1. The molecular formula is C26H38F3N3O3. The Balaban J connectivity index is 1.55. The van der Waals surface area contributed by atoms with Crippen molar-refractivity contribution in [2.45, 2.75) is 52.6 Å². The number of hydrogen-bond donors (Lipinski definition) is 1. The number of piperazine rings is 1. The molecule has 6 nitrogen and oxygen atoms in total. The Morgan fingerprint density at radius 3 is 2.37 bits per heavy atom. The molecule has 2 aliphatic rings. The lowest BCUT2D eigenvalue weighted by atomic mass is 9.80. The summed E-state index contributed by atoms with van der Waals surface area (Å²) in [6.45, 7) is 11.1. The van der Waals surface area contributed by atoms with Gasteiger partial charge >= 0.3 is 6.18 Å². The minimum absolute atomic E-state index is 0.00415. The summed E-state index contributed by atoms with van der Waals surface area (Å²) in [5, 5.41) is 11.3. The molecule has 0 saturated carbocycles. The number of carbonyl (C=O) groups is 2. The first kappa shape index (κ1) is 27.3. The van der Waals surface area contributed by atoms with Crippen molar-refractivity contribution in [2.24, 2.45) is 17.3 Å². The summed E-state index contributed by atoms with van der Waals surface area (Å²) < 4.78 is 39.2. The molecule has 9 heteroatoms. The van der Waals surface area contributed by atoms with Crippen molar-refractivity contribution in [1.82, 2.24) is 4.90 Å². The van der Waals surface area contributed by atoms with Crippen LogP contribution in [0.15, 0.2) is 24.3 Å². The van der Waals surface area contributed by atoms with Gasteiger partial charge in [-0.1, -0.05) is 26.8 Å². The van der Waals surface area contributed by atoms with E-state index in [0.29, 0.717) is 44.7 Å². The van der Waals surface area contributed by atoms with Crippen LogP contribution in [0.25, 0.3) is 0 Å². The molecule has 196 valence electrons. The number of piperidine rings is 1. The van der Waals surface area contributed by atoms with E-state index in [1.807, 2.05) is 30.6 Å². The van der Waals surface area contributed by atoms with Crippen LogP contribution in [0.5, 0.6) is 0 Å². The van der Waals surface area contributed by atoms with Gasteiger partial charge in [-0.3, -0.25) is 4.79 Å². The quantitative estimate of drug-likeness (QED) is 0.625. The summed E-state index contributed by atoms with van der Waals surface area (Å²) in [5.41, 5.74) is -0.141. The fourth-order valence-corrected chi connectivity index (χ4v) is 5.28. The number of benzene rings is 1. The number of hydrogen-bond acceptors (Lipinski definition) is 4. The first-order chi connectivity index (χ1) is 16.3. The highest BCUT2D eigenvalue weighted by atomic mass is 19.4. The molecular weight excluding hydrogens is 459 g/mol. The number of quaternary nitrogens is 1. The molecule has 0 unspecified atom stereocenters. The van der Waals surface area contributed by atoms with Crippen LogP contribution in [0.2, 0.25) is 0 Å². The van der Waals surface area contributed by atoms with Crippen LogP contribution in [0.1, 0.15) is 52.0 Å². The number of rotatable bonds is 7. The second-order valence-corrected chi connectivity index (χ2v) is 11.3. The third kappa shape index (κ3) is 8.12. The molecule has 35 heavy (non-hydrogen) atoms. The minimum Gasteiger partial charge on any atom is -0.550 e. The first-order valence-corrected chi connectivity index (χ1v) is 12.6. The maximum atomic E-state index is 13.1. The Kier molecular flexibility index (Phi) is 8.72. The Morgan fingerprint density at radius 1 is 1.09 bits per heavy atom. The molecule has 0 radical (unpaired) electrons. The summed E-state index contributed by atoms with van der Waals surface area (Å²) in [4.78, 5) is 29.3. The maximum Gasteiger partial charge on any atom is 0.416 e. The largest absolute Gasteiger partial charge is 0.550 e. The normalized spacial score (nSPS) is 22.3. The number of anilines is 1. The Bertz CT molecular complexity index is 877. The monoisotopic (exact) mass is 497 g/mol. The Hall–Kier alpha value is -2.29. The van der Waals surface area contributed by atoms with Crippen LogP contribution in [0.3, 0.4) is 0 Å². The van der Waals surface area contributed by atoms with Gasteiger partial charge in [0.15, 0.2) is 0 Å². The van der Waals surface area contributed by atoms with Gasteiger partial charge in [-0.15, -0.1) is 0 Å². The van der Waals surface area contributed by atoms with E-state index in [2.05, 4.69) is 0 Å². The number of carboxylic acids is 1. The SMILES string of the molecule is CC(C)(C)CC(=O)N1CC[C@@H](CC(=O)[O-])[C@@H](CC[NH+]2CCN(c3cccc(C(F)(F)F)c3)CC2)C1. The number of alkyl halides is 3. The van der Waals surface area contributed by atoms with Crippen molar-refractivity contribution in [3.63, 3.8) is 0 Å². The van der Waals surface area contributed by atoms with Gasteiger partial charge in [-0.25, -0.2) is 0 Å². The van der Waals surface area contributed by atoms with Gasteiger partial charge in [-0.2, -0.15) is 13.2 Å². The predicted molar refractivity (Wildman–Crippen MR) is 126 cm³/mol. The van der Waals surface area contributed by atoms with Gasteiger partial charge in [0.05, 0.1) is 38.3 Å². The summed E-state index contributed by atoms with van der Waals surface area (Å²) >= 11 is 0. The van der Waals surface area contributed by atoms with Crippen LogP contribution in [-0.4, -0.2) is 62.6 Å². The topological polar surface area (TPSA) is 68.1 Å². The lowest BCUT2D eigenvalue weighted by Crippen LogP contribution is -3.15. The lowest BCUT2D eigenvalue weighted by Gasteiger charge is -2.41. The number of aliphatic carboxylic acids is 1. The zero-order valence-corrected chi connectivity index (χ0v) is 21.0. The van der Waals surface area contributed by atoms with Crippen LogP contribution in [-0.2, 0) is 15.8 Å².